The van der Waals surface area contributed by atoms with Crippen molar-refractivity contribution in [3.63, 3.8) is 0 Å². The fourth-order valence-corrected chi connectivity index (χ4v) is 4.99. The van der Waals surface area contributed by atoms with Crippen LogP contribution in [0.25, 0.3) is 0 Å². The third-order valence-electron chi connectivity index (χ3n) is 7.09. The van der Waals surface area contributed by atoms with Gasteiger partial charge in [-0.2, -0.15) is 5.10 Å². The van der Waals surface area contributed by atoms with Crippen LogP contribution < -0.4 is 14.2 Å². The van der Waals surface area contributed by atoms with Crippen molar-refractivity contribution in [2.45, 2.75) is 57.7 Å². The number of ether oxygens (including phenoxy) is 3. The summed E-state index contributed by atoms with van der Waals surface area (Å²) < 4.78 is 17.6. The highest BCUT2D eigenvalue weighted by Gasteiger charge is 2.41. The van der Waals surface area contributed by atoms with E-state index in [1.54, 1.807) is 19.2 Å². The van der Waals surface area contributed by atoms with E-state index >= 15 is 0 Å². The van der Waals surface area contributed by atoms with E-state index in [0.29, 0.717) is 18.8 Å². The number of hydrazone groups is 1. The van der Waals surface area contributed by atoms with Crippen LogP contribution >= 0.6 is 0 Å². The smallest absolute Gasteiger partial charge is 0.270 e. The molecule has 2 aliphatic heterocycles. The predicted octanol–water partition coefficient (Wildman–Crippen LogP) is 7.19. The maximum absolute atomic E-state index is 11.5. The molecule has 3 aromatic rings. The maximum Gasteiger partial charge on any atom is 0.270 e. The van der Waals surface area contributed by atoms with Crippen molar-refractivity contribution in [3.05, 3.63) is 93.5 Å². The third kappa shape index (κ3) is 5.44. The van der Waals surface area contributed by atoms with Crippen molar-refractivity contribution in [1.29, 1.82) is 0 Å². The molecule has 0 unspecified atom stereocenters. The molecule has 0 N–H and O–H groups in total. The van der Waals surface area contributed by atoms with Crippen LogP contribution in [0.1, 0.15) is 74.4 Å². The van der Waals surface area contributed by atoms with E-state index < -0.39 is 6.23 Å². The lowest BCUT2D eigenvalue weighted by Crippen LogP contribution is -2.33. The first-order valence-corrected chi connectivity index (χ1v) is 13.3. The molecule has 0 saturated heterocycles. The Balaban J connectivity index is 1.39. The van der Waals surface area contributed by atoms with E-state index in [4.69, 9.17) is 19.3 Å². The normalized spacial score (nSPS) is 17.7. The van der Waals surface area contributed by atoms with Gasteiger partial charge in [-0.25, -0.2) is 5.01 Å². The molecule has 2 aliphatic rings. The SMILES string of the molecule is CCCCCCCOc1ccc([C@H]2Oc3ccc([N+](=O)[O-])cc3[C@@H]3CC(c4ccc(OC)cc4)=NN23)cc1. The van der Waals surface area contributed by atoms with Gasteiger partial charge in [0.2, 0.25) is 6.23 Å². The van der Waals surface area contributed by atoms with Gasteiger partial charge >= 0.3 is 0 Å². The van der Waals surface area contributed by atoms with Crippen LogP contribution in [0.15, 0.2) is 71.8 Å². The first kappa shape index (κ1) is 25.6. The number of nitrogens with zero attached hydrogens (tertiary/aromatic N) is 3. The maximum atomic E-state index is 11.5. The summed E-state index contributed by atoms with van der Waals surface area (Å²) in [5, 5.41) is 18.4. The molecule has 3 aromatic carbocycles. The van der Waals surface area contributed by atoms with E-state index in [-0.39, 0.29) is 16.7 Å². The zero-order chi connectivity index (χ0) is 26.5. The summed E-state index contributed by atoms with van der Waals surface area (Å²) in [5.41, 5.74) is 3.63. The molecule has 198 valence electrons. The third-order valence-corrected chi connectivity index (χ3v) is 7.09. The number of non-ortho nitro benzene ring substituents is 1. The molecule has 8 heteroatoms. The van der Waals surface area contributed by atoms with Gasteiger partial charge in [-0.1, -0.05) is 32.6 Å². The fourth-order valence-electron chi connectivity index (χ4n) is 4.99. The van der Waals surface area contributed by atoms with Crippen molar-refractivity contribution in [3.8, 4) is 17.2 Å². The second-order valence-corrected chi connectivity index (χ2v) is 9.66. The number of hydrogen-bond acceptors (Lipinski definition) is 7. The molecule has 0 aliphatic carbocycles. The summed E-state index contributed by atoms with van der Waals surface area (Å²) in [5.74, 6) is 2.24. The standard InChI is InChI=1S/C30H33N3O5/c1-3-4-5-6-7-18-37-25-15-10-22(11-16-25)30-32-28(26-19-23(33(34)35)12-17-29(26)38-30)20-27(31-32)21-8-13-24(36-2)14-9-21/h8-17,19,28,30H,3-7,18,20H2,1-2H3/t28-,30+/m0/s1. The molecule has 0 spiro atoms. The van der Waals surface area contributed by atoms with E-state index in [2.05, 4.69) is 6.92 Å². The molecule has 8 nitrogen and oxygen atoms in total. The van der Waals surface area contributed by atoms with E-state index in [1.165, 1.54) is 31.7 Å². The minimum atomic E-state index is -0.465. The molecular weight excluding hydrogens is 482 g/mol. The van der Waals surface area contributed by atoms with Crippen molar-refractivity contribution in [1.82, 2.24) is 5.01 Å². The fraction of sp³-hybridized carbons (Fsp3) is 0.367. The molecule has 38 heavy (non-hydrogen) atoms. The van der Waals surface area contributed by atoms with Gasteiger partial charge in [0.1, 0.15) is 17.2 Å². The molecule has 0 amide bonds. The van der Waals surface area contributed by atoms with Crippen molar-refractivity contribution in [2.24, 2.45) is 5.10 Å². The van der Waals surface area contributed by atoms with Gasteiger partial charge < -0.3 is 14.2 Å². The van der Waals surface area contributed by atoms with Crippen LogP contribution in [0.3, 0.4) is 0 Å². The molecular formula is C30H33N3O5. The Morgan fingerprint density at radius 2 is 1.74 bits per heavy atom. The lowest BCUT2D eigenvalue weighted by molar-refractivity contribution is -0.385. The first-order valence-electron chi connectivity index (χ1n) is 13.3. The average Bonchev–Trinajstić information content (AvgIpc) is 3.40. The van der Waals surface area contributed by atoms with Crippen LogP contribution in [0.4, 0.5) is 5.69 Å². The van der Waals surface area contributed by atoms with Crippen molar-refractivity contribution < 1.29 is 19.1 Å². The largest absolute Gasteiger partial charge is 0.497 e. The zero-order valence-corrected chi connectivity index (χ0v) is 21.8. The van der Waals surface area contributed by atoms with Crippen LogP contribution in [0.2, 0.25) is 0 Å². The second kappa shape index (κ2) is 11.5. The zero-order valence-electron chi connectivity index (χ0n) is 21.8. The van der Waals surface area contributed by atoms with Gasteiger partial charge in [0.15, 0.2) is 0 Å². The Kier molecular flexibility index (Phi) is 7.77. The summed E-state index contributed by atoms with van der Waals surface area (Å²) in [6.45, 7) is 2.92. The Bertz CT molecular complexity index is 1290. The highest BCUT2D eigenvalue weighted by molar-refractivity contribution is 6.02. The van der Waals surface area contributed by atoms with Gasteiger partial charge in [-0.05, 0) is 66.6 Å². The van der Waals surface area contributed by atoms with Crippen molar-refractivity contribution >= 4 is 11.4 Å². The molecule has 2 heterocycles. The summed E-state index contributed by atoms with van der Waals surface area (Å²) in [6, 6.07) is 20.3. The molecule has 0 fully saturated rings. The number of unbranched alkanes of at least 4 members (excludes halogenated alkanes) is 4. The van der Waals surface area contributed by atoms with Crippen molar-refractivity contribution in [2.75, 3.05) is 13.7 Å². The summed E-state index contributed by atoms with van der Waals surface area (Å²) in [7, 11) is 1.64. The van der Waals surface area contributed by atoms with E-state index in [9.17, 15) is 10.1 Å². The topological polar surface area (TPSA) is 86.4 Å². The predicted molar refractivity (Wildman–Crippen MR) is 146 cm³/mol. The van der Waals surface area contributed by atoms with Crippen LogP contribution in [-0.4, -0.2) is 29.4 Å². The number of methoxy groups -OCH3 is 1. The number of hydrogen-bond donors (Lipinski definition) is 0. The molecule has 0 bridgehead atoms. The highest BCUT2D eigenvalue weighted by Crippen LogP contribution is 2.48. The monoisotopic (exact) mass is 515 g/mol. The number of rotatable bonds is 11. The summed E-state index contributed by atoms with van der Waals surface area (Å²) in [4.78, 5) is 11.1. The van der Waals surface area contributed by atoms with Gasteiger partial charge in [0.05, 0.1) is 30.4 Å². The van der Waals surface area contributed by atoms with Crippen LogP contribution in [0, 0.1) is 10.1 Å². The van der Waals surface area contributed by atoms with E-state index in [0.717, 1.165) is 40.3 Å². The quantitative estimate of drug-likeness (QED) is 0.153. The number of fused-ring (bicyclic) bond motifs is 3. The van der Waals surface area contributed by atoms with Gasteiger partial charge in [0, 0.05) is 29.7 Å². The average molecular weight is 516 g/mol. The molecule has 0 radical (unpaired) electrons. The van der Waals surface area contributed by atoms with E-state index in [1.807, 2.05) is 53.5 Å². The number of nitro benzene ring substituents is 1. The first-order chi connectivity index (χ1) is 18.6. The Hall–Kier alpha value is -4.07. The lowest BCUT2D eigenvalue weighted by Gasteiger charge is -2.38. The van der Waals surface area contributed by atoms with Crippen LogP contribution in [0.5, 0.6) is 17.2 Å². The Labute approximate surface area is 223 Å². The van der Waals surface area contributed by atoms with Gasteiger partial charge in [-0.15, -0.1) is 0 Å². The molecule has 0 aromatic heterocycles. The molecule has 2 atom stereocenters. The molecule has 5 rings (SSSR count). The molecule has 0 saturated carbocycles. The van der Waals surface area contributed by atoms with Gasteiger partial charge in [0.25, 0.3) is 5.69 Å². The number of nitro groups is 1. The highest BCUT2D eigenvalue weighted by atomic mass is 16.6. The minimum absolute atomic E-state index is 0.0415. The Morgan fingerprint density at radius 3 is 2.45 bits per heavy atom. The van der Waals surface area contributed by atoms with Crippen LogP contribution in [-0.2, 0) is 0 Å². The number of benzene rings is 3. The minimum Gasteiger partial charge on any atom is -0.497 e. The lowest BCUT2D eigenvalue weighted by atomic mass is 9.95. The summed E-state index contributed by atoms with van der Waals surface area (Å²) >= 11 is 0. The summed E-state index contributed by atoms with van der Waals surface area (Å²) in [6.07, 6.45) is 6.13. The Morgan fingerprint density at radius 1 is 1.00 bits per heavy atom. The van der Waals surface area contributed by atoms with Gasteiger partial charge in [-0.3, -0.25) is 10.1 Å². The second-order valence-electron chi connectivity index (χ2n) is 9.66.